The van der Waals surface area contributed by atoms with Crippen molar-refractivity contribution in [1.29, 1.82) is 0 Å². The van der Waals surface area contributed by atoms with Crippen LogP contribution in [0.3, 0.4) is 0 Å². The topological polar surface area (TPSA) is 69.5 Å². The number of benzene rings is 1. The van der Waals surface area contributed by atoms with Gasteiger partial charge in [-0.1, -0.05) is 40.9 Å². The first-order valence-corrected chi connectivity index (χ1v) is 10.9. The van der Waals surface area contributed by atoms with E-state index in [9.17, 15) is 4.79 Å². The lowest BCUT2D eigenvalue weighted by Crippen LogP contribution is -2.32. The van der Waals surface area contributed by atoms with Crippen LogP contribution in [-0.4, -0.2) is 41.8 Å². The van der Waals surface area contributed by atoms with E-state index < -0.39 is 0 Å². The Labute approximate surface area is 201 Å². The molecule has 0 N–H and O–H groups in total. The monoisotopic (exact) mass is 496 g/mol. The summed E-state index contributed by atoms with van der Waals surface area (Å²) >= 11 is 18.5. The molecule has 0 saturated heterocycles. The number of aromatic nitrogens is 3. The van der Waals surface area contributed by atoms with Crippen molar-refractivity contribution in [2.24, 2.45) is 7.05 Å². The minimum atomic E-state index is -0.350. The average molecular weight is 498 g/mol. The van der Waals surface area contributed by atoms with Gasteiger partial charge in [0.2, 0.25) is 5.95 Å². The van der Waals surface area contributed by atoms with Gasteiger partial charge in [0.15, 0.2) is 0 Å². The molecule has 1 atom stereocenters. The number of hydrogen-bond donors (Lipinski definition) is 0. The van der Waals surface area contributed by atoms with Crippen LogP contribution in [0.4, 0.5) is 5.95 Å². The van der Waals surface area contributed by atoms with Crippen LogP contribution in [0, 0.1) is 0 Å². The zero-order chi connectivity index (χ0) is 23.4. The van der Waals surface area contributed by atoms with Crippen molar-refractivity contribution < 1.29 is 9.47 Å². The minimum absolute atomic E-state index is 0.146. The first-order chi connectivity index (χ1) is 15.3. The van der Waals surface area contributed by atoms with Gasteiger partial charge in [0.05, 0.1) is 24.4 Å². The minimum Gasteiger partial charge on any atom is -0.496 e. The molecule has 0 saturated carbocycles. The Morgan fingerprint density at radius 2 is 1.94 bits per heavy atom. The summed E-state index contributed by atoms with van der Waals surface area (Å²) < 4.78 is 13.0. The molecule has 7 nitrogen and oxygen atoms in total. The summed E-state index contributed by atoms with van der Waals surface area (Å²) in [7, 11) is 5.08. The molecular weight excluding hydrogens is 475 g/mol. The molecule has 0 aliphatic rings. The molecular formula is C22H23Cl3N4O3. The quantitative estimate of drug-likeness (QED) is 0.407. The average Bonchev–Trinajstić information content (AvgIpc) is 2.77. The fourth-order valence-electron chi connectivity index (χ4n) is 3.35. The smallest absolute Gasteiger partial charge is 0.255 e. The molecule has 3 rings (SSSR count). The van der Waals surface area contributed by atoms with Crippen molar-refractivity contribution in [1.82, 2.24) is 14.5 Å². The number of methoxy groups -OCH3 is 1. The molecule has 3 aromatic rings. The third-order valence-corrected chi connectivity index (χ3v) is 5.93. The number of nitrogens with zero attached hydrogens (tertiary/aromatic N) is 4. The lowest BCUT2D eigenvalue weighted by molar-refractivity contribution is 0.0659. The van der Waals surface area contributed by atoms with Gasteiger partial charge in [-0.25, -0.2) is 9.97 Å². The van der Waals surface area contributed by atoms with E-state index in [4.69, 9.17) is 44.3 Å². The van der Waals surface area contributed by atoms with Crippen LogP contribution in [0.25, 0.3) is 11.3 Å². The van der Waals surface area contributed by atoms with Crippen LogP contribution in [0.5, 0.6) is 5.75 Å². The SMILES string of the molecule is CCO[C@H](CN(C)c1nc(-c2ccnc(Cl)c2Cl)cc(=O)n1C)c1ccc(Cl)cc1OC. The number of ether oxygens (including phenoxy) is 2. The Morgan fingerprint density at radius 3 is 2.62 bits per heavy atom. The van der Waals surface area contributed by atoms with E-state index in [1.165, 1.54) is 16.8 Å². The van der Waals surface area contributed by atoms with E-state index in [2.05, 4.69) is 9.97 Å². The number of halogens is 3. The van der Waals surface area contributed by atoms with Gasteiger partial charge < -0.3 is 14.4 Å². The summed E-state index contributed by atoms with van der Waals surface area (Å²) in [5.74, 6) is 1.06. The van der Waals surface area contributed by atoms with E-state index in [0.29, 0.717) is 41.1 Å². The highest BCUT2D eigenvalue weighted by Crippen LogP contribution is 2.33. The first-order valence-electron chi connectivity index (χ1n) is 9.81. The molecule has 2 heterocycles. The van der Waals surface area contributed by atoms with Gasteiger partial charge in [0.1, 0.15) is 17.0 Å². The molecule has 0 aliphatic heterocycles. The van der Waals surface area contributed by atoms with Crippen molar-refractivity contribution >= 4 is 40.8 Å². The highest BCUT2D eigenvalue weighted by atomic mass is 35.5. The Balaban J connectivity index is 2.00. The largest absolute Gasteiger partial charge is 0.496 e. The third kappa shape index (κ3) is 5.18. The lowest BCUT2D eigenvalue weighted by atomic mass is 10.1. The van der Waals surface area contributed by atoms with Crippen LogP contribution < -0.4 is 15.2 Å². The maximum Gasteiger partial charge on any atom is 0.255 e. The van der Waals surface area contributed by atoms with E-state index in [0.717, 1.165) is 5.56 Å². The molecule has 2 aromatic heterocycles. The van der Waals surface area contributed by atoms with Crippen LogP contribution in [0.2, 0.25) is 15.2 Å². The zero-order valence-corrected chi connectivity index (χ0v) is 20.4. The Hall–Kier alpha value is -2.32. The molecule has 0 bridgehead atoms. The molecule has 0 radical (unpaired) electrons. The maximum atomic E-state index is 12.7. The second kappa shape index (κ2) is 10.5. The van der Waals surface area contributed by atoms with E-state index >= 15 is 0 Å². The predicted molar refractivity (Wildman–Crippen MR) is 128 cm³/mol. The van der Waals surface area contributed by atoms with Gasteiger partial charge in [-0.2, -0.15) is 0 Å². The summed E-state index contributed by atoms with van der Waals surface area (Å²) in [5, 5.41) is 0.952. The first kappa shape index (κ1) is 24.3. The van der Waals surface area contributed by atoms with Gasteiger partial charge in [0, 0.05) is 49.1 Å². The second-order valence-corrected chi connectivity index (χ2v) is 8.19. The number of pyridine rings is 1. The van der Waals surface area contributed by atoms with E-state index in [1.807, 2.05) is 24.9 Å². The standard InChI is InChI=1S/C22H23Cl3N4O3/c1-5-32-18(15-7-6-13(23)10-17(15)31-4)12-28(2)22-27-16(11-19(30)29(22)3)14-8-9-26-21(25)20(14)24/h6-11,18H,5,12H2,1-4H3/t18-/m1/s1. The van der Waals surface area contributed by atoms with Crippen molar-refractivity contribution in [3.63, 3.8) is 0 Å². The number of likely N-dealkylation sites (N-methyl/N-ethyl adjacent to an activating group) is 1. The zero-order valence-electron chi connectivity index (χ0n) is 18.1. The Morgan fingerprint density at radius 1 is 1.19 bits per heavy atom. The van der Waals surface area contributed by atoms with Crippen molar-refractivity contribution in [2.45, 2.75) is 13.0 Å². The van der Waals surface area contributed by atoms with Crippen LogP contribution in [0.1, 0.15) is 18.6 Å². The maximum absolute atomic E-state index is 12.7. The molecule has 1 aromatic carbocycles. The van der Waals surface area contributed by atoms with E-state index in [1.54, 1.807) is 32.4 Å². The molecule has 0 amide bonds. The van der Waals surface area contributed by atoms with Crippen molar-refractivity contribution in [3.8, 4) is 17.0 Å². The second-order valence-electron chi connectivity index (χ2n) is 7.01. The van der Waals surface area contributed by atoms with Gasteiger partial charge in [-0.15, -0.1) is 0 Å². The van der Waals surface area contributed by atoms with Gasteiger partial charge in [0.25, 0.3) is 5.56 Å². The van der Waals surface area contributed by atoms with Crippen molar-refractivity contribution in [2.75, 3.05) is 32.2 Å². The molecule has 10 heteroatoms. The summed E-state index contributed by atoms with van der Waals surface area (Å²) in [6.45, 7) is 2.81. The summed E-state index contributed by atoms with van der Waals surface area (Å²) in [6.07, 6.45) is 1.17. The number of anilines is 1. The molecule has 32 heavy (non-hydrogen) atoms. The molecule has 0 fully saturated rings. The van der Waals surface area contributed by atoms with E-state index in [-0.39, 0.29) is 21.8 Å². The predicted octanol–water partition coefficient (Wildman–Crippen LogP) is 5.03. The fraction of sp³-hybridized carbons (Fsp3) is 0.318. The van der Waals surface area contributed by atoms with Gasteiger partial charge in [-0.3, -0.25) is 9.36 Å². The number of hydrogen-bond acceptors (Lipinski definition) is 6. The summed E-state index contributed by atoms with van der Waals surface area (Å²) in [4.78, 5) is 23.2. The molecule has 0 spiro atoms. The molecule has 0 aliphatic carbocycles. The highest BCUT2D eigenvalue weighted by molar-refractivity contribution is 6.42. The third-order valence-electron chi connectivity index (χ3n) is 4.93. The molecule has 0 unspecified atom stereocenters. The summed E-state index contributed by atoms with van der Waals surface area (Å²) in [6, 6.07) is 8.48. The summed E-state index contributed by atoms with van der Waals surface area (Å²) in [5.41, 5.74) is 1.54. The van der Waals surface area contributed by atoms with Gasteiger partial charge in [-0.05, 0) is 25.1 Å². The van der Waals surface area contributed by atoms with Crippen LogP contribution in [-0.2, 0) is 11.8 Å². The Bertz CT molecular complexity index is 1170. The highest BCUT2D eigenvalue weighted by Gasteiger charge is 2.22. The Kier molecular flexibility index (Phi) is 8.00. The van der Waals surface area contributed by atoms with Crippen LogP contribution in [0.15, 0.2) is 41.3 Å². The lowest BCUT2D eigenvalue weighted by Gasteiger charge is -2.27. The van der Waals surface area contributed by atoms with Crippen molar-refractivity contribution in [3.05, 3.63) is 67.6 Å². The normalized spacial score (nSPS) is 12.0. The van der Waals surface area contributed by atoms with Gasteiger partial charge >= 0.3 is 0 Å². The van der Waals surface area contributed by atoms with Crippen LogP contribution >= 0.6 is 34.8 Å². The fourth-order valence-corrected chi connectivity index (χ4v) is 3.87. The number of rotatable bonds is 8. The molecule has 170 valence electrons.